The molecule has 1 atom stereocenters. The summed E-state index contributed by atoms with van der Waals surface area (Å²) in [6.07, 6.45) is 0. The highest BCUT2D eigenvalue weighted by molar-refractivity contribution is 5.47. The van der Waals surface area contributed by atoms with Gasteiger partial charge in [-0.3, -0.25) is 10.1 Å². The van der Waals surface area contributed by atoms with Crippen LogP contribution in [0.5, 0.6) is 0 Å². The molecule has 14 heavy (non-hydrogen) atoms. The molecule has 0 saturated carbocycles. The molecule has 0 heterocycles. The van der Waals surface area contributed by atoms with Gasteiger partial charge in [0.2, 0.25) is 0 Å². The number of aliphatic hydroxyl groups excluding tert-OH is 1. The van der Waals surface area contributed by atoms with Crippen molar-refractivity contribution < 1.29 is 10.0 Å². The fourth-order valence-electron chi connectivity index (χ4n) is 1.40. The average Bonchev–Trinajstić information content (AvgIpc) is 2.16. The summed E-state index contributed by atoms with van der Waals surface area (Å²) in [5.41, 5.74) is 6.67. The van der Waals surface area contributed by atoms with E-state index in [2.05, 4.69) is 0 Å². The molecule has 0 spiro atoms. The van der Waals surface area contributed by atoms with Crippen LogP contribution < -0.4 is 5.73 Å². The van der Waals surface area contributed by atoms with E-state index in [4.69, 9.17) is 10.8 Å². The van der Waals surface area contributed by atoms with Gasteiger partial charge in [-0.1, -0.05) is 12.1 Å². The smallest absolute Gasteiger partial charge is 0.274 e. The van der Waals surface area contributed by atoms with E-state index in [1.807, 2.05) is 0 Å². The largest absolute Gasteiger partial charge is 0.394 e. The third kappa shape index (κ3) is 1.89. The SMILES string of the molecule is Cc1cccc([N+](=O)[O-])c1[C@@H](N)CO. The minimum absolute atomic E-state index is 0.0356. The van der Waals surface area contributed by atoms with Crippen molar-refractivity contribution in [2.45, 2.75) is 13.0 Å². The number of aryl methyl sites for hydroxylation is 1. The lowest BCUT2D eigenvalue weighted by Gasteiger charge is -2.11. The molecule has 5 heteroatoms. The second-order valence-corrected chi connectivity index (χ2v) is 3.05. The normalized spacial score (nSPS) is 12.5. The van der Waals surface area contributed by atoms with E-state index >= 15 is 0 Å². The van der Waals surface area contributed by atoms with Crippen LogP contribution in [-0.2, 0) is 0 Å². The average molecular weight is 196 g/mol. The lowest BCUT2D eigenvalue weighted by Crippen LogP contribution is -2.17. The zero-order valence-electron chi connectivity index (χ0n) is 7.80. The van der Waals surface area contributed by atoms with Crippen molar-refractivity contribution in [1.29, 1.82) is 0 Å². The Morgan fingerprint density at radius 3 is 2.79 bits per heavy atom. The summed E-state index contributed by atoms with van der Waals surface area (Å²) in [7, 11) is 0. The van der Waals surface area contributed by atoms with Crippen LogP contribution in [0.4, 0.5) is 5.69 Å². The van der Waals surface area contributed by atoms with E-state index in [0.717, 1.165) is 5.56 Å². The number of nitro benzene ring substituents is 1. The minimum Gasteiger partial charge on any atom is -0.394 e. The number of benzene rings is 1. The van der Waals surface area contributed by atoms with E-state index < -0.39 is 11.0 Å². The van der Waals surface area contributed by atoms with Crippen molar-refractivity contribution in [3.8, 4) is 0 Å². The highest BCUT2D eigenvalue weighted by Crippen LogP contribution is 2.26. The highest BCUT2D eigenvalue weighted by Gasteiger charge is 2.20. The van der Waals surface area contributed by atoms with Gasteiger partial charge in [0.1, 0.15) is 0 Å². The van der Waals surface area contributed by atoms with E-state index in [1.165, 1.54) is 6.07 Å². The Kier molecular flexibility index (Phi) is 3.16. The minimum atomic E-state index is -0.698. The van der Waals surface area contributed by atoms with Crippen molar-refractivity contribution >= 4 is 5.69 Å². The maximum absolute atomic E-state index is 10.7. The van der Waals surface area contributed by atoms with Crippen LogP contribution in [0.25, 0.3) is 0 Å². The molecule has 0 saturated heterocycles. The van der Waals surface area contributed by atoms with Crippen molar-refractivity contribution in [3.63, 3.8) is 0 Å². The Hall–Kier alpha value is -1.46. The van der Waals surface area contributed by atoms with E-state index in [1.54, 1.807) is 19.1 Å². The third-order valence-electron chi connectivity index (χ3n) is 2.07. The predicted molar refractivity (Wildman–Crippen MR) is 51.8 cm³/mol. The first-order valence-corrected chi connectivity index (χ1v) is 4.18. The van der Waals surface area contributed by atoms with Gasteiger partial charge in [0.05, 0.1) is 23.1 Å². The van der Waals surface area contributed by atoms with Crippen molar-refractivity contribution in [3.05, 3.63) is 39.4 Å². The number of hydrogen-bond acceptors (Lipinski definition) is 4. The Bertz CT molecular complexity index is 352. The molecular weight excluding hydrogens is 184 g/mol. The molecule has 0 bridgehead atoms. The topological polar surface area (TPSA) is 89.4 Å². The van der Waals surface area contributed by atoms with Gasteiger partial charge in [0, 0.05) is 6.07 Å². The summed E-state index contributed by atoms with van der Waals surface area (Å²) in [5.74, 6) is 0. The predicted octanol–water partition coefficient (Wildman–Crippen LogP) is 0.895. The zero-order valence-corrected chi connectivity index (χ0v) is 7.80. The summed E-state index contributed by atoms with van der Waals surface area (Å²) in [6.45, 7) is 1.43. The van der Waals surface area contributed by atoms with Crippen molar-refractivity contribution in [2.24, 2.45) is 5.73 Å². The third-order valence-corrected chi connectivity index (χ3v) is 2.07. The summed E-state index contributed by atoms with van der Waals surface area (Å²) < 4.78 is 0. The molecule has 1 aromatic rings. The zero-order chi connectivity index (χ0) is 10.7. The number of hydrogen-bond donors (Lipinski definition) is 2. The maximum atomic E-state index is 10.7. The summed E-state index contributed by atoms with van der Waals surface area (Å²) in [4.78, 5) is 10.2. The number of rotatable bonds is 3. The van der Waals surface area contributed by atoms with Gasteiger partial charge in [0.15, 0.2) is 0 Å². The second-order valence-electron chi connectivity index (χ2n) is 3.05. The van der Waals surface area contributed by atoms with Crippen LogP contribution in [0.15, 0.2) is 18.2 Å². The number of nitrogens with two attached hydrogens (primary N) is 1. The molecular formula is C9H12N2O3. The van der Waals surface area contributed by atoms with E-state index in [0.29, 0.717) is 5.56 Å². The summed E-state index contributed by atoms with van der Waals surface area (Å²) >= 11 is 0. The first-order valence-electron chi connectivity index (χ1n) is 4.18. The van der Waals surface area contributed by atoms with Crippen molar-refractivity contribution in [2.75, 3.05) is 6.61 Å². The Balaban J connectivity index is 3.29. The first-order chi connectivity index (χ1) is 6.57. The van der Waals surface area contributed by atoms with Gasteiger partial charge in [-0.25, -0.2) is 0 Å². The molecule has 0 aliphatic rings. The lowest BCUT2D eigenvalue weighted by atomic mass is 10.0. The van der Waals surface area contributed by atoms with Gasteiger partial charge < -0.3 is 10.8 Å². The van der Waals surface area contributed by atoms with Gasteiger partial charge >= 0.3 is 0 Å². The molecule has 1 aromatic carbocycles. The van der Waals surface area contributed by atoms with Crippen LogP contribution in [0, 0.1) is 17.0 Å². The molecule has 0 fully saturated rings. The van der Waals surface area contributed by atoms with E-state index in [9.17, 15) is 10.1 Å². The molecule has 0 amide bonds. The van der Waals surface area contributed by atoms with Crippen LogP contribution in [0.3, 0.4) is 0 Å². The fraction of sp³-hybridized carbons (Fsp3) is 0.333. The standard InChI is InChI=1S/C9H12N2O3/c1-6-3-2-4-8(11(13)14)9(6)7(10)5-12/h2-4,7,12H,5,10H2,1H3/t7-/m0/s1. The molecule has 0 aliphatic carbocycles. The van der Waals surface area contributed by atoms with Crippen molar-refractivity contribution in [1.82, 2.24) is 0 Å². The Morgan fingerprint density at radius 2 is 2.29 bits per heavy atom. The molecule has 3 N–H and O–H groups in total. The molecule has 0 aliphatic heterocycles. The van der Waals surface area contributed by atoms with Gasteiger partial charge in [-0.2, -0.15) is 0 Å². The first kappa shape index (κ1) is 10.6. The molecule has 5 nitrogen and oxygen atoms in total. The Morgan fingerprint density at radius 1 is 1.64 bits per heavy atom. The monoisotopic (exact) mass is 196 g/mol. The van der Waals surface area contributed by atoms with Gasteiger partial charge in [0.25, 0.3) is 5.69 Å². The van der Waals surface area contributed by atoms with Gasteiger partial charge in [-0.15, -0.1) is 0 Å². The summed E-state index contributed by atoms with van der Waals surface area (Å²) in [6, 6.07) is 4.02. The van der Waals surface area contributed by atoms with E-state index in [-0.39, 0.29) is 12.3 Å². The summed E-state index contributed by atoms with van der Waals surface area (Å²) in [5, 5.41) is 19.5. The molecule has 1 rings (SSSR count). The fourth-order valence-corrected chi connectivity index (χ4v) is 1.40. The van der Waals surface area contributed by atoms with Crippen LogP contribution in [-0.4, -0.2) is 16.6 Å². The van der Waals surface area contributed by atoms with Gasteiger partial charge in [-0.05, 0) is 12.5 Å². The quantitative estimate of drug-likeness (QED) is 0.555. The number of nitro groups is 1. The maximum Gasteiger partial charge on any atom is 0.274 e. The molecule has 76 valence electrons. The molecule has 0 aromatic heterocycles. The van der Waals surface area contributed by atoms with Crippen LogP contribution in [0.1, 0.15) is 17.2 Å². The molecule has 0 radical (unpaired) electrons. The number of aliphatic hydroxyl groups is 1. The second kappa shape index (κ2) is 4.17. The van der Waals surface area contributed by atoms with Crippen LogP contribution in [0.2, 0.25) is 0 Å². The Labute approximate surface area is 81.3 Å². The highest BCUT2D eigenvalue weighted by atomic mass is 16.6. The number of nitrogens with zero attached hydrogens (tertiary/aromatic N) is 1. The van der Waals surface area contributed by atoms with Crippen LogP contribution >= 0.6 is 0 Å². The molecule has 0 unspecified atom stereocenters. The lowest BCUT2D eigenvalue weighted by molar-refractivity contribution is -0.385.